The molecule has 4 nitrogen and oxygen atoms in total. The van der Waals surface area contributed by atoms with Crippen molar-refractivity contribution < 1.29 is 14.3 Å². The summed E-state index contributed by atoms with van der Waals surface area (Å²) in [6.45, 7) is 6.55. The van der Waals surface area contributed by atoms with Crippen molar-refractivity contribution in [2.24, 2.45) is 5.92 Å². The average molecular weight is 271 g/mol. The maximum atomic E-state index is 11.6. The zero-order chi connectivity index (χ0) is 12.4. The standard InChI is InChI=1S/C12H23NO3.Ca.2H/c1-4-5-6-7-16-12(15)11(13-9-14)8-10(2)3;;;/h9-11H,4-8H2,1-3H3,(H,13,14);;;/t11-;;;/m0.../s1. The first-order valence-corrected chi connectivity index (χ1v) is 5.98. The molecule has 0 saturated carbocycles. The Morgan fingerprint density at radius 3 is 2.47 bits per heavy atom. The van der Waals surface area contributed by atoms with Gasteiger partial charge in [0, 0.05) is 0 Å². The molecule has 0 rings (SSSR count). The van der Waals surface area contributed by atoms with Crippen LogP contribution in [0.15, 0.2) is 0 Å². The first-order chi connectivity index (χ1) is 7.61. The number of amides is 1. The molecule has 17 heavy (non-hydrogen) atoms. The second-order valence-corrected chi connectivity index (χ2v) is 4.34. The van der Waals surface area contributed by atoms with E-state index in [1.165, 1.54) is 0 Å². The van der Waals surface area contributed by atoms with Crippen LogP contribution in [-0.2, 0) is 14.3 Å². The molecule has 98 valence electrons. The van der Waals surface area contributed by atoms with Gasteiger partial charge in [-0.05, 0) is 18.8 Å². The quantitative estimate of drug-likeness (QED) is 0.294. The van der Waals surface area contributed by atoms with Crippen molar-refractivity contribution in [3.8, 4) is 0 Å². The number of ether oxygens (including phenoxy) is 1. The van der Waals surface area contributed by atoms with Gasteiger partial charge in [0.1, 0.15) is 6.04 Å². The Kier molecular flexibility index (Phi) is 14.5. The molecule has 1 atom stereocenters. The van der Waals surface area contributed by atoms with Crippen molar-refractivity contribution in [2.45, 2.75) is 52.5 Å². The van der Waals surface area contributed by atoms with Crippen LogP contribution >= 0.6 is 0 Å². The van der Waals surface area contributed by atoms with Gasteiger partial charge in [-0.3, -0.25) is 4.79 Å². The van der Waals surface area contributed by atoms with Gasteiger partial charge < -0.3 is 10.1 Å². The molecule has 0 radical (unpaired) electrons. The Morgan fingerprint density at radius 2 is 2.00 bits per heavy atom. The van der Waals surface area contributed by atoms with E-state index in [1.807, 2.05) is 13.8 Å². The first-order valence-electron chi connectivity index (χ1n) is 5.98. The number of rotatable bonds is 9. The topological polar surface area (TPSA) is 55.4 Å². The minimum atomic E-state index is -0.501. The molecular weight excluding hydrogens is 246 g/mol. The van der Waals surface area contributed by atoms with E-state index in [0.717, 1.165) is 19.3 Å². The fraction of sp³-hybridized carbons (Fsp3) is 0.833. The summed E-state index contributed by atoms with van der Waals surface area (Å²) >= 11 is 0. The number of esters is 1. The Labute approximate surface area is 134 Å². The average Bonchev–Trinajstić information content (AvgIpc) is 2.23. The number of nitrogens with one attached hydrogen (secondary N) is 1. The van der Waals surface area contributed by atoms with Crippen molar-refractivity contribution in [1.82, 2.24) is 5.32 Å². The third-order valence-electron chi connectivity index (χ3n) is 2.25. The van der Waals surface area contributed by atoms with Crippen molar-refractivity contribution in [3.05, 3.63) is 0 Å². The first kappa shape index (κ1) is 19.5. The number of carbonyl (C=O) groups is 2. The van der Waals surface area contributed by atoms with Gasteiger partial charge in [0.2, 0.25) is 6.41 Å². The van der Waals surface area contributed by atoms with Gasteiger partial charge in [-0.25, -0.2) is 4.79 Å². The molecule has 0 bridgehead atoms. The molecule has 1 N–H and O–H groups in total. The summed E-state index contributed by atoms with van der Waals surface area (Å²) in [6.07, 6.45) is 4.21. The zero-order valence-corrected chi connectivity index (χ0v) is 10.5. The Balaban J connectivity index is 0. The summed E-state index contributed by atoms with van der Waals surface area (Å²) in [5.41, 5.74) is 0. The summed E-state index contributed by atoms with van der Waals surface area (Å²) in [5, 5.41) is 2.50. The summed E-state index contributed by atoms with van der Waals surface area (Å²) < 4.78 is 5.10. The molecule has 0 spiro atoms. The van der Waals surface area contributed by atoms with Crippen LogP contribution in [0.3, 0.4) is 0 Å². The minimum absolute atomic E-state index is 0. The summed E-state index contributed by atoms with van der Waals surface area (Å²) in [7, 11) is 0. The van der Waals surface area contributed by atoms with Crippen LogP contribution in [0, 0.1) is 5.92 Å². The molecule has 0 aliphatic rings. The Morgan fingerprint density at radius 1 is 1.35 bits per heavy atom. The molecule has 5 heteroatoms. The molecule has 0 unspecified atom stereocenters. The van der Waals surface area contributed by atoms with Crippen LogP contribution in [0.5, 0.6) is 0 Å². The van der Waals surface area contributed by atoms with Gasteiger partial charge in [-0.1, -0.05) is 33.6 Å². The molecule has 0 saturated heterocycles. The monoisotopic (exact) mass is 271 g/mol. The molecule has 0 aromatic heterocycles. The summed E-state index contributed by atoms with van der Waals surface area (Å²) in [4.78, 5) is 21.9. The van der Waals surface area contributed by atoms with E-state index < -0.39 is 6.04 Å². The SMILES string of the molecule is CCCCCOC(=O)[C@H](CC(C)C)NC=O.[CaH2]. The maximum absolute atomic E-state index is 11.6. The second-order valence-electron chi connectivity index (χ2n) is 4.34. The third kappa shape index (κ3) is 11.0. The number of hydrogen-bond acceptors (Lipinski definition) is 3. The molecule has 0 fully saturated rings. The van der Waals surface area contributed by atoms with Gasteiger partial charge in [0.25, 0.3) is 0 Å². The van der Waals surface area contributed by atoms with Crippen molar-refractivity contribution in [3.63, 3.8) is 0 Å². The van der Waals surface area contributed by atoms with Gasteiger partial charge in [-0.2, -0.15) is 0 Å². The predicted molar refractivity (Wildman–Crippen MR) is 71.5 cm³/mol. The number of unbranched alkanes of at least 4 members (excludes halogenated alkanes) is 2. The van der Waals surface area contributed by atoms with Crippen molar-refractivity contribution >= 4 is 50.1 Å². The van der Waals surface area contributed by atoms with Gasteiger partial charge in [-0.15, -0.1) is 0 Å². The van der Waals surface area contributed by atoms with Gasteiger partial charge in [0.05, 0.1) is 6.61 Å². The second kappa shape index (κ2) is 12.7. The fourth-order valence-corrected chi connectivity index (χ4v) is 1.41. The van der Waals surface area contributed by atoms with Crippen molar-refractivity contribution in [2.75, 3.05) is 6.61 Å². The van der Waals surface area contributed by atoms with E-state index >= 15 is 0 Å². The summed E-state index contributed by atoms with van der Waals surface area (Å²) in [6, 6.07) is -0.501. The molecule has 0 aliphatic carbocycles. The van der Waals surface area contributed by atoms with Gasteiger partial charge in [0.15, 0.2) is 0 Å². The Hall–Kier alpha value is 0.200. The van der Waals surface area contributed by atoms with E-state index in [0.29, 0.717) is 25.4 Å². The normalized spacial score (nSPS) is 11.5. The van der Waals surface area contributed by atoms with Crippen LogP contribution in [-0.4, -0.2) is 62.8 Å². The molecule has 0 aromatic carbocycles. The molecular formula is C12H25CaNO3. The van der Waals surface area contributed by atoms with E-state index in [-0.39, 0.29) is 43.7 Å². The van der Waals surface area contributed by atoms with Gasteiger partial charge >= 0.3 is 43.7 Å². The zero-order valence-electron chi connectivity index (χ0n) is 10.5. The van der Waals surface area contributed by atoms with Crippen LogP contribution in [0.25, 0.3) is 0 Å². The van der Waals surface area contributed by atoms with E-state index in [1.54, 1.807) is 0 Å². The molecule has 0 aliphatic heterocycles. The Bertz CT molecular complexity index is 210. The van der Waals surface area contributed by atoms with Crippen LogP contribution in [0.1, 0.15) is 46.5 Å². The third-order valence-corrected chi connectivity index (χ3v) is 2.25. The fourth-order valence-electron chi connectivity index (χ4n) is 1.41. The number of carbonyl (C=O) groups excluding carboxylic acids is 2. The summed E-state index contributed by atoms with van der Waals surface area (Å²) in [5.74, 6) is 0.0255. The number of hydrogen-bond donors (Lipinski definition) is 1. The predicted octanol–water partition coefficient (Wildman–Crippen LogP) is 0.964. The van der Waals surface area contributed by atoms with Crippen molar-refractivity contribution in [1.29, 1.82) is 0 Å². The van der Waals surface area contributed by atoms with Crippen LogP contribution in [0.4, 0.5) is 0 Å². The molecule has 1 amide bonds. The van der Waals surface area contributed by atoms with Crippen LogP contribution < -0.4 is 5.32 Å². The van der Waals surface area contributed by atoms with E-state index in [2.05, 4.69) is 12.2 Å². The molecule has 0 aromatic rings. The molecule has 0 heterocycles. The van der Waals surface area contributed by atoms with E-state index in [9.17, 15) is 9.59 Å². The van der Waals surface area contributed by atoms with E-state index in [4.69, 9.17) is 4.74 Å². The van der Waals surface area contributed by atoms with Crippen LogP contribution in [0.2, 0.25) is 0 Å².